The Kier molecular flexibility index (Phi) is 9.11. The summed E-state index contributed by atoms with van der Waals surface area (Å²) in [4.78, 5) is 9.21. The van der Waals surface area contributed by atoms with E-state index >= 15 is 0 Å². The molecule has 29 heavy (non-hydrogen) atoms. The maximum Gasteiger partial charge on any atom is 0.191 e. The lowest BCUT2D eigenvalue weighted by molar-refractivity contribution is 0.794. The predicted octanol–water partition coefficient (Wildman–Crippen LogP) is 3.80. The summed E-state index contributed by atoms with van der Waals surface area (Å²) < 4.78 is 1.86. The summed E-state index contributed by atoms with van der Waals surface area (Å²) in [5, 5.41) is 11.2. The van der Waals surface area contributed by atoms with Crippen LogP contribution in [0.15, 0.2) is 59.7 Å². The lowest BCUT2D eigenvalue weighted by Crippen LogP contribution is -2.38. The fourth-order valence-electron chi connectivity index (χ4n) is 2.98. The lowest BCUT2D eigenvalue weighted by atomic mass is 10.1. The van der Waals surface area contributed by atoms with Crippen molar-refractivity contribution in [2.75, 3.05) is 13.1 Å². The number of aryl methyl sites for hydroxylation is 2. The van der Waals surface area contributed by atoms with Crippen LogP contribution in [0.2, 0.25) is 0 Å². The van der Waals surface area contributed by atoms with Crippen LogP contribution < -0.4 is 10.6 Å². The molecular weight excluding hydrogens is 475 g/mol. The zero-order valence-corrected chi connectivity index (χ0v) is 19.6. The predicted molar refractivity (Wildman–Crippen MR) is 129 cm³/mol. The molecule has 1 aromatic carbocycles. The topological polar surface area (TPSA) is 67.1 Å². The second kappa shape index (κ2) is 11.5. The van der Waals surface area contributed by atoms with E-state index < -0.39 is 0 Å². The van der Waals surface area contributed by atoms with Crippen molar-refractivity contribution >= 4 is 29.9 Å². The van der Waals surface area contributed by atoms with Gasteiger partial charge in [0.25, 0.3) is 0 Å². The summed E-state index contributed by atoms with van der Waals surface area (Å²) in [6.45, 7) is 8.32. The molecule has 0 aliphatic heterocycles. The molecule has 0 spiro atoms. The van der Waals surface area contributed by atoms with Gasteiger partial charge in [-0.15, -0.1) is 24.0 Å². The van der Waals surface area contributed by atoms with Gasteiger partial charge in [-0.3, -0.25) is 0 Å². The van der Waals surface area contributed by atoms with Gasteiger partial charge in [0.05, 0.1) is 12.2 Å². The van der Waals surface area contributed by atoms with Gasteiger partial charge in [0.2, 0.25) is 0 Å². The quantitative estimate of drug-likeness (QED) is 0.292. The Bertz CT molecular complexity index is 903. The minimum Gasteiger partial charge on any atom is -0.357 e. The average Bonchev–Trinajstić information content (AvgIpc) is 3.05. The van der Waals surface area contributed by atoms with Crippen LogP contribution in [0.5, 0.6) is 0 Å². The molecular formula is C22H29IN6. The molecule has 0 unspecified atom stereocenters. The second-order valence-electron chi connectivity index (χ2n) is 6.72. The van der Waals surface area contributed by atoms with Crippen LogP contribution >= 0.6 is 24.0 Å². The third-order valence-electron chi connectivity index (χ3n) is 4.35. The fourth-order valence-corrected chi connectivity index (χ4v) is 2.98. The Balaban J connectivity index is 0.00000300. The number of nitrogens with zero attached hydrogens (tertiary/aromatic N) is 4. The molecule has 0 fully saturated rings. The van der Waals surface area contributed by atoms with Crippen molar-refractivity contribution in [2.24, 2.45) is 4.99 Å². The Morgan fingerprint density at radius 1 is 1.03 bits per heavy atom. The number of aromatic nitrogens is 3. The van der Waals surface area contributed by atoms with E-state index in [1.165, 1.54) is 5.56 Å². The smallest absolute Gasteiger partial charge is 0.191 e. The zero-order valence-electron chi connectivity index (χ0n) is 17.2. The van der Waals surface area contributed by atoms with Crippen LogP contribution in [0.1, 0.15) is 29.4 Å². The van der Waals surface area contributed by atoms with Crippen LogP contribution in [0.4, 0.5) is 0 Å². The number of halogens is 1. The maximum absolute atomic E-state index is 4.67. The standard InChI is InChI=1S/C22H28N6.HI/c1-4-23-22(24-13-12-19-8-6-5-7-9-19)26-16-20-10-11-21(25-15-20)28-18(3)14-17(2)27-28;/h5-11,14-15H,4,12-13,16H2,1-3H3,(H2,23,24,26);1H. The van der Waals surface area contributed by atoms with Gasteiger partial charge in [0, 0.05) is 25.0 Å². The summed E-state index contributed by atoms with van der Waals surface area (Å²) in [6.07, 6.45) is 2.83. The van der Waals surface area contributed by atoms with Gasteiger partial charge in [0.15, 0.2) is 11.8 Å². The molecule has 6 nitrogen and oxygen atoms in total. The van der Waals surface area contributed by atoms with E-state index in [-0.39, 0.29) is 24.0 Å². The SMILES string of the molecule is CCNC(=NCc1ccc(-n2nc(C)cc2C)nc1)NCCc1ccccc1.I. The number of nitrogens with one attached hydrogen (secondary N) is 2. The molecule has 0 saturated carbocycles. The summed E-state index contributed by atoms with van der Waals surface area (Å²) in [5.41, 5.74) is 4.44. The first-order valence-electron chi connectivity index (χ1n) is 9.70. The number of pyridine rings is 1. The molecule has 7 heteroatoms. The average molecular weight is 504 g/mol. The molecule has 0 saturated heterocycles. The van der Waals surface area contributed by atoms with Crippen LogP contribution in [-0.2, 0) is 13.0 Å². The van der Waals surface area contributed by atoms with E-state index in [0.29, 0.717) is 6.54 Å². The van der Waals surface area contributed by atoms with E-state index in [1.54, 1.807) is 0 Å². The van der Waals surface area contributed by atoms with Crippen molar-refractivity contribution < 1.29 is 0 Å². The number of hydrogen-bond donors (Lipinski definition) is 2. The highest BCUT2D eigenvalue weighted by molar-refractivity contribution is 14.0. The summed E-state index contributed by atoms with van der Waals surface area (Å²) in [6, 6.07) is 16.5. The molecule has 3 aromatic rings. The van der Waals surface area contributed by atoms with Crippen LogP contribution in [0.3, 0.4) is 0 Å². The van der Waals surface area contributed by atoms with Gasteiger partial charge < -0.3 is 10.6 Å². The van der Waals surface area contributed by atoms with E-state index in [0.717, 1.165) is 48.2 Å². The van der Waals surface area contributed by atoms with E-state index in [1.807, 2.05) is 42.9 Å². The number of benzene rings is 1. The lowest BCUT2D eigenvalue weighted by Gasteiger charge is -2.11. The van der Waals surface area contributed by atoms with Crippen molar-refractivity contribution in [1.29, 1.82) is 0 Å². The van der Waals surface area contributed by atoms with Crippen molar-refractivity contribution in [3.05, 3.63) is 77.2 Å². The Morgan fingerprint density at radius 3 is 2.45 bits per heavy atom. The largest absolute Gasteiger partial charge is 0.357 e. The summed E-state index contributed by atoms with van der Waals surface area (Å²) >= 11 is 0. The molecule has 2 aromatic heterocycles. The van der Waals surface area contributed by atoms with Crippen molar-refractivity contribution in [3.8, 4) is 5.82 Å². The molecule has 154 valence electrons. The maximum atomic E-state index is 4.67. The minimum absolute atomic E-state index is 0. The van der Waals surface area contributed by atoms with Crippen LogP contribution in [0, 0.1) is 13.8 Å². The third kappa shape index (κ3) is 6.85. The molecule has 2 N–H and O–H groups in total. The number of guanidine groups is 1. The molecule has 3 rings (SSSR count). The van der Waals surface area contributed by atoms with Crippen molar-refractivity contribution in [1.82, 2.24) is 25.4 Å². The Morgan fingerprint density at radius 2 is 1.83 bits per heavy atom. The van der Waals surface area contributed by atoms with E-state index in [2.05, 4.69) is 63.0 Å². The number of rotatable bonds is 7. The second-order valence-corrected chi connectivity index (χ2v) is 6.72. The molecule has 0 bridgehead atoms. The van der Waals surface area contributed by atoms with Gasteiger partial charge in [-0.2, -0.15) is 5.10 Å². The molecule has 0 aliphatic carbocycles. The fraction of sp³-hybridized carbons (Fsp3) is 0.318. The molecule has 0 radical (unpaired) electrons. The first-order valence-corrected chi connectivity index (χ1v) is 9.70. The number of aliphatic imine (C=N–C) groups is 1. The van der Waals surface area contributed by atoms with Crippen molar-refractivity contribution in [3.63, 3.8) is 0 Å². The molecule has 0 amide bonds. The third-order valence-corrected chi connectivity index (χ3v) is 4.35. The zero-order chi connectivity index (χ0) is 19.8. The summed E-state index contributed by atoms with van der Waals surface area (Å²) in [5.74, 6) is 1.65. The van der Waals surface area contributed by atoms with Gasteiger partial charge in [0.1, 0.15) is 0 Å². The van der Waals surface area contributed by atoms with Crippen LogP contribution in [-0.4, -0.2) is 33.8 Å². The highest BCUT2D eigenvalue weighted by Crippen LogP contribution is 2.10. The number of hydrogen-bond acceptors (Lipinski definition) is 3. The highest BCUT2D eigenvalue weighted by Gasteiger charge is 2.05. The Hall–Kier alpha value is -2.42. The molecule has 2 heterocycles. The van der Waals surface area contributed by atoms with E-state index in [4.69, 9.17) is 0 Å². The van der Waals surface area contributed by atoms with Gasteiger partial charge in [-0.1, -0.05) is 36.4 Å². The van der Waals surface area contributed by atoms with Crippen molar-refractivity contribution in [2.45, 2.75) is 33.7 Å². The van der Waals surface area contributed by atoms with Gasteiger partial charge >= 0.3 is 0 Å². The normalized spacial score (nSPS) is 11.1. The first-order chi connectivity index (χ1) is 13.7. The van der Waals surface area contributed by atoms with E-state index in [9.17, 15) is 0 Å². The molecule has 0 atom stereocenters. The Labute approximate surface area is 189 Å². The monoisotopic (exact) mass is 504 g/mol. The minimum atomic E-state index is 0. The molecule has 0 aliphatic rings. The van der Waals surface area contributed by atoms with Gasteiger partial charge in [-0.25, -0.2) is 14.7 Å². The van der Waals surface area contributed by atoms with Crippen LogP contribution in [0.25, 0.3) is 5.82 Å². The first kappa shape index (κ1) is 22.9. The summed E-state index contributed by atoms with van der Waals surface area (Å²) in [7, 11) is 0. The highest BCUT2D eigenvalue weighted by atomic mass is 127. The van der Waals surface area contributed by atoms with Gasteiger partial charge in [-0.05, 0) is 50.5 Å².